The first-order valence-electron chi connectivity index (χ1n) is 9.86. The van der Waals surface area contributed by atoms with Gasteiger partial charge in [-0.15, -0.1) is 0 Å². The van der Waals surface area contributed by atoms with Crippen LogP contribution in [0.5, 0.6) is 0 Å². The first kappa shape index (κ1) is 16.3. The summed E-state index contributed by atoms with van der Waals surface area (Å²) in [7, 11) is 0. The molecule has 0 saturated heterocycles. The van der Waals surface area contributed by atoms with Gasteiger partial charge in [-0.25, -0.2) is 4.98 Å². The van der Waals surface area contributed by atoms with E-state index in [1.807, 2.05) is 12.3 Å². The standard InChI is InChI=1S/C26H19N3/c1-16-8-7-9-17(2)24(16)23-15-29-25-20-12-5-6-13-22(20)27-14-21(25)18-10-3-4-11-19(18)26(29)28-23/h3-15H,1-2H3. The van der Waals surface area contributed by atoms with E-state index in [9.17, 15) is 0 Å². The molecule has 0 unspecified atom stereocenters. The van der Waals surface area contributed by atoms with Gasteiger partial charge < -0.3 is 0 Å². The van der Waals surface area contributed by atoms with E-state index in [1.165, 1.54) is 22.1 Å². The van der Waals surface area contributed by atoms with E-state index in [-0.39, 0.29) is 0 Å². The third-order valence-electron chi connectivity index (χ3n) is 5.89. The second-order valence-corrected chi connectivity index (χ2v) is 7.67. The predicted molar refractivity (Wildman–Crippen MR) is 120 cm³/mol. The van der Waals surface area contributed by atoms with Crippen molar-refractivity contribution in [2.24, 2.45) is 0 Å². The van der Waals surface area contributed by atoms with Crippen molar-refractivity contribution in [1.29, 1.82) is 0 Å². The molecule has 3 aromatic carbocycles. The molecule has 0 saturated carbocycles. The molecule has 138 valence electrons. The fraction of sp³-hybridized carbons (Fsp3) is 0.0769. The first-order chi connectivity index (χ1) is 14.2. The van der Waals surface area contributed by atoms with Crippen molar-refractivity contribution < 1.29 is 0 Å². The summed E-state index contributed by atoms with van der Waals surface area (Å²) in [4.78, 5) is 9.86. The maximum Gasteiger partial charge on any atom is 0.145 e. The van der Waals surface area contributed by atoms with Crippen LogP contribution in [0.1, 0.15) is 11.1 Å². The largest absolute Gasteiger partial charge is 0.298 e. The molecule has 0 aliphatic carbocycles. The van der Waals surface area contributed by atoms with E-state index < -0.39 is 0 Å². The highest BCUT2D eigenvalue weighted by atomic mass is 15.0. The van der Waals surface area contributed by atoms with Crippen molar-refractivity contribution in [3.05, 3.63) is 90.3 Å². The number of imidazole rings is 1. The van der Waals surface area contributed by atoms with E-state index in [1.54, 1.807) is 0 Å². The zero-order chi connectivity index (χ0) is 19.5. The number of hydrogen-bond acceptors (Lipinski definition) is 2. The van der Waals surface area contributed by atoms with Crippen molar-refractivity contribution in [2.45, 2.75) is 13.8 Å². The summed E-state index contributed by atoms with van der Waals surface area (Å²) < 4.78 is 2.25. The van der Waals surface area contributed by atoms with E-state index in [0.29, 0.717) is 0 Å². The van der Waals surface area contributed by atoms with E-state index >= 15 is 0 Å². The Morgan fingerprint density at radius 1 is 0.690 bits per heavy atom. The predicted octanol–water partition coefficient (Wildman–Crippen LogP) is 6.47. The Labute approximate surface area is 168 Å². The fourth-order valence-corrected chi connectivity index (χ4v) is 4.58. The van der Waals surface area contributed by atoms with E-state index in [4.69, 9.17) is 9.97 Å². The van der Waals surface area contributed by atoms with Crippen molar-refractivity contribution in [3.63, 3.8) is 0 Å². The summed E-state index contributed by atoms with van der Waals surface area (Å²) in [6.07, 6.45) is 4.18. The van der Waals surface area contributed by atoms with Gasteiger partial charge in [-0.3, -0.25) is 9.38 Å². The minimum Gasteiger partial charge on any atom is -0.298 e. The van der Waals surface area contributed by atoms with Gasteiger partial charge in [0.2, 0.25) is 0 Å². The lowest BCUT2D eigenvalue weighted by atomic mass is 10.0. The van der Waals surface area contributed by atoms with Crippen molar-refractivity contribution in [3.8, 4) is 11.3 Å². The average Bonchev–Trinajstić information content (AvgIpc) is 3.18. The summed E-state index contributed by atoms with van der Waals surface area (Å²) in [5.74, 6) is 0. The molecule has 3 heteroatoms. The van der Waals surface area contributed by atoms with Crippen LogP contribution in [-0.2, 0) is 0 Å². The Hall–Kier alpha value is -3.72. The number of nitrogens with zero attached hydrogens (tertiary/aromatic N) is 3. The van der Waals surface area contributed by atoms with Gasteiger partial charge in [-0.05, 0) is 36.4 Å². The monoisotopic (exact) mass is 373 g/mol. The van der Waals surface area contributed by atoms with Crippen LogP contribution in [0.15, 0.2) is 79.1 Å². The Kier molecular flexibility index (Phi) is 3.30. The average molecular weight is 373 g/mol. The number of rotatable bonds is 1. The SMILES string of the molecule is Cc1cccc(C)c1-c1cn2c(n1)c1ccccc1c1cnc3ccccc3c12. The molecular formula is C26H19N3. The molecule has 0 N–H and O–H groups in total. The molecule has 0 bridgehead atoms. The number of benzene rings is 3. The van der Waals surface area contributed by atoms with E-state index in [0.717, 1.165) is 38.5 Å². The number of para-hydroxylation sites is 1. The Morgan fingerprint density at radius 3 is 2.17 bits per heavy atom. The molecule has 3 heterocycles. The second-order valence-electron chi connectivity index (χ2n) is 7.67. The molecule has 6 aromatic rings. The third-order valence-corrected chi connectivity index (χ3v) is 5.89. The zero-order valence-electron chi connectivity index (χ0n) is 16.3. The lowest BCUT2D eigenvalue weighted by molar-refractivity contribution is 1.27. The van der Waals surface area contributed by atoms with Gasteiger partial charge in [0, 0.05) is 34.1 Å². The normalized spacial score (nSPS) is 11.8. The molecule has 0 aliphatic heterocycles. The molecule has 6 rings (SSSR count). The Bertz CT molecular complexity index is 1550. The van der Waals surface area contributed by atoms with Gasteiger partial charge >= 0.3 is 0 Å². The summed E-state index contributed by atoms with van der Waals surface area (Å²) in [6.45, 7) is 4.31. The summed E-state index contributed by atoms with van der Waals surface area (Å²) in [5, 5.41) is 4.63. The molecule has 29 heavy (non-hydrogen) atoms. The van der Waals surface area contributed by atoms with Gasteiger partial charge in [0.05, 0.1) is 16.7 Å². The highest BCUT2D eigenvalue weighted by molar-refractivity contribution is 6.18. The molecular weight excluding hydrogens is 354 g/mol. The molecule has 0 amide bonds. The summed E-state index contributed by atoms with van der Waals surface area (Å²) >= 11 is 0. The topological polar surface area (TPSA) is 30.2 Å². The maximum absolute atomic E-state index is 5.13. The summed E-state index contributed by atoms with van der Waals surface area (Å²) in [5.41, 5.74) is 7.86. The number of aryl methyl sites for hydroxylation is 2. The third kappa shape index (κ3) is 2.24. The quantitative estimate of drug-likeness (QED) is 0.309. The van der Waals surface area contributed by atoms with Crippen LogP contribution in [-0.4, -0.2) is 14.4 Å². The number of fused-ring (bicyclic) bond motifs is 8. The molecule has 0 fully saturated rings. The van der Waals surface area contributed by atoms with Crippen molar-refractivity contribution in [1.82, 2.24) is 14.4 Å². The van der Waals surface area contributed by atoms with E-state index in [2.05, 4.69) is 85.1 Å². The van der Waals surface area contributed by atoms with Crippen LogP contribution in [0.25, 0.3) is 49.5 Å². The number of pyridine rings is 2. The Morgan fingerprint density at radius 2 is 1.38 bits per heavy atom. The van der Waals surface area contributed by atoms with Gasteiger partial charge in [-0.2, -0.15) is 0 Å². The molecule has 0 aliphatic rings. The van der Waals surface area contributed by atoms with Crippen LogP contribution in [0.4, 0.5) is 0 Å². The summed E-state index contributed by atoms with van der Waals surface area (Å²) in [6, 6.07) is 23.2. The second kappa shape index (κ2) is 5.89. The fourth-order valence-electron chi connectivity index (χ4n) is 4.58. The van der Waals surface area contributed by atoms with Crippen LogP contribution in [0.2, 0.25) is 0 Å². The smallest absolute Gasteiger partial charge is 0.145 e. The number of hydrogen-bond donors (Lipinski definition) is 0. The molecule has 3 nitrogen and oxygen atoms in total. The first-order valence-corrected chi connectivity index (χ1v) is 9.86. The van der Waals surface area contributed by atoms with Crippen LogP contribution in [0.3, 0.4) is 0 Å². The minimum absolute atomic E-state index is 0.988. The minimum atomic E-state index is 0.988. The lowest BCUT2D eigenvalue weighted by Gasteiger charge is -2.10. The number of aromatic nitrogens is 3. The van der Waals surface area contributed by atoms with Crippen molar-refractivity contribution in [2.75, 3.05) is 0 Å². The van der Waals surface area contributed by atoms with Gasteiger partial charge in [-0.1, -0.05) is 60.7 Å². The highest BCUT2D eigenvalue weighted by Crippen LogP contribution is 2.35. The Balaban J connectivity index is 1.87. The zero-order valence-corrected chi connectivity index (χ0v) is 16.3. The van der Waals surface area contributed by atoms with Crippen LogP contribution in [0, 0.1) is 13.8 Å². The van der Waals surface area contributed by atoms with Crippen LogP contribution < -0.4 is 0 Å². The molecule has 0 radical (unpaired) electrons. The van der Waals surface area contributed by atoms with Gasteiger partial charge in [0.25, 0.3) is 0 Å². The van der Waals surface area contributed by atoms with Crippen molar-refractivity contribution >= 4 is 38.2 Å². The van der Waals surface area contributed by atoms with Crippen LogP contribution >= 0.6 is 0 Å². The lowest BCUT2D eigenvalue weighted by Crippen LogP contribution is -1.93. The molecule has 0 spiro atoms. The van der Waals surface area contributed by atoms with Gasteiger partial charge in [0.15, 0.2) is 0 Å². The maximum atomic E-state index is 5.13. The van der Waals surface area contributed by atoms with Gasteiger partial charge in [0.1, 0.15) is 5.65 Å². The molecule has 0 atom stereocenters. The highest BCUT2D eigenvalue weighted by Gasteiger charge is 2.16. The molecule has 3 aromatic heterocycles.